The molecule has 4 aromatic carbocycles. The molecule has 136 heavy (non-hydrogen) atoms. The van der Waals surface area contributed by atoms with Crippen molar-refractivity contribution in [2.45, 2.75) is 233 Å². The average Bonchev–Trinajstić information content (AvgIpc) is 0.781. The normalized spacial score (nSPS) is 20.3. The van der Waals surface area contributed by atoms with Gasteiger partial charge in [0, 0.05) is 124 Å². The summed E-state index contributed by atoms with van der Waals surface area (Å²) >= 11 is 0. The summed E-state index contributed by atoms with van der Waals surface area (Å²) in [6, 6.07) is 2.28. The number of phenolic OH excluding ortho intramolecular Hbond substituents is 3. The topological polar surface area (TPSA) is 710 Å². The molecule has 0 spiro atoms. The third-order valence-electron chi connectivity index (χ3n) is 24.5. The summed E-state index contributed by atoms with van der Waals surface area (Å²) in [4.78, 5) is 236. The third kappa shape index (κ3) is 25.9. The van der Waals surface area contributed by atoms with Gasteiger partial charge in [0.15, 0.2) is 23.8 Å². The molecule has 2 aliphatic carbocycles. The molecular weight excluding hydrogens is 1780 g/mol. The zero-order valence-electron chi connectivity index (χ0n) is 75.4. The van der Waals surface area contributed by atoms with Gasteiger partial charge in [-0.15, -0.1) is 0 Å². The van der Waals surface area contributed by atoms with Crippen LogP contribution in [0.2, 0.25) is 0 Å². The number of nitrogens with zero attached hydrogens (tertiary/aromatic N) is 2. The summed E-state index contributed by atoms with van der Waals surface area (Å²) in [5, 5.41) is 119. The Labute approximate surface area is 779 Å². The molecule has 3 aliphatic heterocycles. The van der Waals surface area contributed by atoms with E-state index in [0.29, 0.717) is 28.5 Å². The lowest BCUT2D eigenvalue weighted by Crippen LogP contribution is -2.61. The molecule has 26 N–H and O–H groups in total. The molecule has 15 atom stereocenters. The number of nitrogens with one attached hydrogen (secondary N) is 15. The summed E-state index contributed by atoms with van der Waals surface area (Å²) < 4.78 is 17.7. The second kappa shape index (κ2) is 46.8. The van der Waals surface area contributed by atoms with Crippen molar-refractivity contribution >= 4 is 111 Å². The average molecular weight is 1890 g/mol. The van der Waals surface area contributed by atoms with Gasteiger partial charge in [-0.1, -0.05) is 56.3 Å². The minimum Gasteiger partial charge on any atom is -0.508 e. The number of likely N-dealkylation sites (tertiary alicyclic amines) is 1. The highest BCUT2D eigenvalue weighted by atomic mass is 16.7. The fourth-order valence-electron chi connectivity index (χ4n) is 17.4. The van der Waals surface area contributed by atoms with Crippen LogP contribution in [0.3, 0.4) is 0 Å². The minimum absolute atomic E-state index is 0.0119. The quantitative estimate of drug-likeness (QED) is 0.00774. The van der Waals surface area contributed by atoms with Gasteiger partial charge in [0.2, 0.25) is 82.6 Å². The summed E-state index contributed by atoms with van der Waals surface area (Å²) in [7, 11) is 1.26. The molecule has 2 aromatic heterocycles. The number of hydrogen-bond donors (Lipinski definition) is 24. The molecule has 0 saturated carbocycles. The van der Waals surface area contributed by atoms with E-state index in [9.17, 15) is 103 Å². The van der Waals surface area contributed by atoms with E-state index in [1.807, 2.05) is 0 Å². The second-order valence-electron chi connectivity index (χ2n) is 34.8. The molecule has 45 heteroatoms. The predicted octanol–water partition coefficient (Wildman–Crippen LogP) is -3.18. The van der Waals surface area contributed by atoms with Crippen LogP contribution in [0.15, 0.2) is 85.3 Å². The largest absolute Gasteiger partial charge is 0.508 e. The summed E-state index contributed by atoms with van der Waals surface area (Å²) in [6.45, 7) is 2.13. The maximum atomic E-state index is 15.3. The molecule has 11 rings (SSSR count). The molecule has 13 amide bonds. The molecule has 732 valence electrons. The first-order chi connectivity index (χ1) is 64.9. The van der Waals surface area contributed by atoms with Crippen LogP contribution in [0, 0.1) is 11.3 Å². The Kier molecular flexibility index (Phi) is 35.2. The van der Waals surface area contributed by atoms with Crippen LogP contribution in [0.4, 0.5) is 0 Å². The number of rotatable bonds is 46. The maximum Gasteiger partial charge on any atom is 0.245 e. The lowest BCUT2D eigenvalue weighted by atomic mass is 9.72. The number of imidazole rings is 1. The Bertz CT molecular complexity index is 5460. The molecule has 45 nitrogen and oxygen atoms in total. The summed E-state index contributed by atoms with van der Waals surface area (Å²) in [5.74, 6) is -15.9. The lowest BCUT2D eigenvalue weighted by molar-refractivity contribution is -0.249. The van der Waals surface area contributed by atoms with E-state index in [1.54, 1.807) is 44.3 Å². The number of benzene rings is 4. The predicted molar refractivity (Wildman–Crippen MR) is 480 cm³/mol. The number of aliphatic hydroxyl groups excluding tert-OH is 3. The Hall–Kier alpha value is -14.0. The summed E-state index contributed by atoms with van der Waals surface area (Å²) in [5.41, 5.74) is 7.56. The number of fused-ring (bicyclic) bond motifs is 4. The highest BCUT2D eigenvalue weighted by molar-refractivity contribution is 6.31. The number of aliphatic hydroxyl groups is 4. The van der Waals surface area contributed by atoms with Crippen LogP contribution < -0.4 is 80.0 Å². The molecule has 0 bridgehead atoms. The Balaban J connectivity index is 0.786. The highest BCUT2D eigenvalue weighted by Gasteiger charge is 2.52. The number of methoxy groups -OCH3 is 1. The maximum absolute atomic E-state index is 15.3. The van der Waals surface area contributed by atoms with Gasteiger partial charge in [-0.05, 0) is 112 Å². The molecule has 3 fully saturated rings. The first-order valence-corrected chi connectivity index (χ1v) is 44.9. The van der Waals surface area contributed by atoms with E-state index in [1.165, 1.54) is 73.8 Å². The number of aromatic amines is 2. The first kappa shape index (κ1) is 102. The van der Waals surface area contributed by atoms with Crippen LogP contribution in [-0.4, -0.2) is 287 Å². The first-order valence-electron chi connectivity index (χ1n) is 44.9. The van der Waals surface area contributed by atoms with Gasteiger partial charge in [0.05, 0.1) is 55.2 Å². The number of carbonyl (C=O) groups excluding carboxylic acids is 16. The van der Waals surface area contributed by atoms with Crippen molar-refractivity contribution < 1.29 is 127 Å². The van der Waals surface area contributed by atoms with Crippen LogP contribution in [0.5, 0.6) is 23.0 Å². The third-order valence-corrected chi connectivity index (χ3v) is 24.5. The molecule has 6 aromatic rings. The molecule has 3 saturated heterocycles. The number of guanidine groups is 1. The van der Waals surface area contributed by atoms with Crippen molar-refractivity contribution in [3.05, 3.63) is 136 Å². The molecule has 5 aliphatic rings. The smallest absolute Gasteiger partial charge is 0.245 e. The number of unbranched alkanes of at least 4 members (excludes halogenated alkanes) is 1. The van der Waals surface area contributed by atoms with Crippen molar-refractivity contribution in [1.29, 1.82) is 5.41 Å². The van der Waals surface area contributed by atoms with Crippen LogP contribution in [0.25, 0.3) is 10.9 Å². The van der Waals surface area contributed by atoms with Gasteiger partial charge in [0.25, 0.3) is 0 Å². The van der Waals surface area contributed by atoms with E-state index >= 15 is 9.59 Å². The monoisotopic (exact) mass is 1890 g/mol. The Morgan fingerprint density at radius 1 is 0.676 bits per heavy atom. The number of para-hydroxylation sites is 1. The zero-order chi connectivity index (χ0) is 98.5. The number of aromatic nitrogens is 3. The van der Waals surface area contributed by atoms with Crippen LogP contribution in [-0.2, 0) is 102 Å². The molecule has 15 unspecified atom stereocenters. The number of amides is 13. The lowest BCUT2D eigenvalue weighted by Gasteiger charge is -2.43. The number of H-pyrrole nitrogens is 2. The zero-order valence-corrected chi connectivity index (χ0v) is 75.4. The number of Topliss-reactive ketones (excluding diaryl/α,β-unsaturated/α-hetero) is 1. The van der Waals surface area contributed by atoms with Gasteiger partial charge < -0.3 is 140 Å². The van der Waals surface area contributed by atoms with E-state index < -0.39 is 241 Å². The molecular formula is C91H117N19O26. The molecule has 5 heterocycles. The minimum atomic E-state index is -2.49. The Morgan fingerprint density at radius 3 is 1.99 bits per heavy atom. The Morgan fingerprint density at radius 2 is 1.32 bits per heavy atom. The van der Waals surface area contributed by atoms with Crippen molar-refractivity contribution in [1.82, 2.24) is 83.7 Å². The van der Waals surface area contributed by atoms with E-state index in [4.69, 9.17) is 31.1 Å². The number of primary amides is 1. The molecule has 0 radical (unpaired) electrons. The van der Waals surface area contributed by atoms with Gasteiger partial charge in [-0.3, -0.25) is 82.1 Å². The van der Waals surface area contributed by atoms with Crippen molar-refractivity contribution in [3.8, 4) is 23.0 Å². The van der Waals surface area contributed by atoms with E-state index in [-0.39, 0.29) is 173 Å². The van der Waals surface area contributed by atoms with Crippen LogP contribution >= 0.6 is 0 Å². The van der Waals surface area contributed by atoms with Crippen LogP contribution in [0.1, 0.15) is 183 Å². The fourth-order valence-corrected chi connectivity index (χ4v) is 17.4. The second-order valence-corrected chi connectivity index (χ2v) is 34.8. The van der Waals surface area contributed by atoms with E-state index in [0.717, 1.165) is 0 Å². The number of hydrogen-bond acceptors (Lipinski definition) is 28. The number of nitrogens with two attached hydrogens (primary N) is 2. The van der Waals surface area contributed by atoms with Gasteiger partial charge in [-0.2, -0.15) is 0 Å². The van der Waals surface area contributed by atoms with Gasteiger partial charge in [0.1, 0.15) is 102 Å². The SMILES string of the molecule is COc1cccc2c1C(=O)c1c(O)c3c(c(O)c1C2=O)CC(O)(C(=O)CO)CC3OC1CC(NC(=O)CCCC(=O)NCCCCC(NC(=O)C(Cc2ccc(O)cc2)NC(=O)C(CO)NC(=O)C(Cc2c[nH]c3ccccc23)NC(=O)C(Cc2ncc[nH]2)NC(=O)C2CCC(=O)N2)C(=O)NC(CC(C)C)C(=O)NC(CCCNC(=N)N)C(=O)N2CCCC2C(=O)NCC(N)=O)C(O)C(C)O1. The van der Waals surface area contributed by atoms with E-state index in [2.05, 4.69) is 78.8 Å². The standard InChI is InChI=1S/C91H117N19O26/c1-44(2)33-57(83(126)104-55(17-11-29-98-90(93)94)89(132)110-32-12-18-62(110)88(131)100-41-66(92)115)105-81(124)53(16-7-8-28-97-68(116)20-10-21-69(117)102-56-37-71(135-45(3)76(56)119)136-64-39-91(133,65(114)43-112)38-51-73(64)80(123)75-74(78(51)121)77(120)50-14-9-19-63(134-4)72(50)79(75)122)103-84(127)58(34-46-22-24-48(113)25-23-46)106-87(130)61(42-111)109-85(128)59(35-47-40-99-52-15-6-5-13-49(47)52)107-86(129)60(36-67-95-30-31-96-67)108-82(125)54-26-27-70(118)101-54/h5-6,9,13-15,19,22-25,30-31,40,44-45,53-62,64,71,76,99,111-113,119,121,123,133H,7-8,10-12,16-18,20-21,26-29,32-39,41-43H2,1-4H3,(H2,92,115)(H,95,96)(H,97,116)(H,100,131)(H,101,118)(H,102,117)(H,103,127)(H,104,126)(H,105,124)(H,106,130)(H,107,129)(H,108,125)(H,109,128)(H4,93,94,98). The number of ketones is 3. The summed E-state index contributed by atoms with van der Waals surface area (Å²) in [6.07, 6.45) is -3.81. The number of phenols is 3. The number of aromatic hydroxyl groups is 3. The fraction of sp³-hybridized carbons (Fsp3) is 0.495. The van der Waals surface area contributed by atoms with Crippen molar-refractivity contribution in [2.75, 3.05) is 46.5 Å². The van der Waals surface area contributed by atoms with Crippen molar-refractivity contribution in [3.63, 3.8) is 0 Å². The number of ether oxygens (including phenoxy) is 3. The van der Waals surface area contributed by atoms with Gasteiger partial charge in [-0.25, -0.2) is 4.98 Å². The highest BCUT2D eigenvalue weighted by Crippen LogP contribution is 2.53. The van der Waals surface area contributed by atoms with Crippen molar-refractivity contribution in [2.24, 2.45) is 17.4 Å². The van der Waals surface area contributed by atoms with Gasteiger partial charge >= 0.3 is 0 Å². The number of carbonyl (C=O) groups is 16.